The minimum Gasteiger partial charge on any atom is -0.507 e. The number of aryl methyl sites for hydroxylation is 1. The van der Waals surface area contributed by atoms with E-state index in [1.807, 2.05) is 49.4 Å². The zero-order chi connectivity index (χ0) is 23.7. The van der Waals surface area contributed by atoms with Crippen LogP contribution in [0.4, 0.5) is 5.13 Å². The summed E-state index contributed by atoms with van der Waals surface area (Å²) in [4.78, 5) is 27.5. The molecular weight excluding hydrogens is 470 g/mol. The van der Waals surface area contributed by atoms with E-state index in [2.05, 4.69) is 10.2 Å². The Morgan fingerprint density at radius 2 is 1.82 bits per heavy atom. The molecule has 5 rings (SSSR count). The van der Waals surface area contributed by atoms with Crippen LogP contribution in [0.5, 0.6) is 0 Å². The molecule has 1 unspecified atom stereocenters. The molecule has 3 heterocycles. The Hall–Kier alpha value is -3.69. The van der Waals surface area contributed by atoms with Gasteiger partial charge in [0, 0.05) is 11.3 Å². The van der Waals surface area contributed by atoms with Crippen molar-refractivity contribution in [1.82, 2.24) is 10.2 Å². The number of furan rings is 1. The molecule has 0 aliphatic carbocycles. The normalized spacial score (nSPS) is 17.4. The summed E-state index contributed by atoms with van der Waals surface area (Å²) in [6.07, 6.45) is 1.46. The second kappa shape index (κ2) is 9.28. The number of aromatic nitrogens is 2. The topological polar surface area (TPSA) is 96.5 Å². The number of Topliss-reactive ketones (excluding diaryl/α,β-unsaturated/α-hetero) is 1. The van der Waals surface area contributed by atoms with Gasteiger partial charge < -0.3 is 9.52 Å². The quantitative estimate of drug-likeness (QED) is 0.128. The molecule has 0 bridgehead atoms. The lowest BCUT2D eigenvalue weighted by molar-refractivity contribution is -0.132. The van der Waals surface area contributed by atoms with E-state index in [1.165, 1.54) is 34.3 Å². The highest BCUT2D eigenvalue weighted by atomic mass is 32.2. The summed E-state index contributed by atoms with van der Waals surface area (Å²) in [5.41, 5.74) is 2.54. The number of carbonyl (C=O) groups is 2. The van der Waals surface area contributed by atoms with Crippen LogP contribution >= 0.6 is 23.1 Å². The fourth-order valence-corrected chi connectivity index (χ4v) is 5.51. The van der Waals surface area contributed by atoms with E-state index in [-0.39, 0.29) is 16.5 Å². The van der Waals surface area contributed by atoms with Crippen LogP contribution in [0.2, 0.25) is 0 Å². The number of hydrogen-bond donors (Lipinski definition) is 1. The van der Waals surface area contributed by atoms with Gasteiger partial charge in [-0.25, -0.2) is 0 Å². The standard InChI is InChI=1S/C25H19N3O4S2/c1-15-9-11-17(12-10-15)21(29)19-20(18-8-5-13-32-18)28(23(31)22(19)30)24-26-27-25(34-24)33-14-16-6-3-2-4-7-16/h2-13,20,29H,14H2,1H3/b21-19-. The average Bonchev–Trinajstić information content (AvgIpc) is 3.59. The maximum absolute atomic E-state index is 13.1. The highest BCUT2D eigenvalue weighted by Crippen LogP contribution is 2.44. The first-order chi connectivity index (χ1) is 16.5. The largest absolute Gasteiger partial charge is 0.507 e. The van der Waals surface area contributed by atoms with Gasteiger partial charge in [0.25, 0.3) is 5.78 Å². The Bertz CT molecular complexity index is 1360. The van der Waals surface area contributed by atoms with E-state index in [1.54, 1.807) is 24.3 Å². The molecule has 9 heteroatoms. The fourth-order valence-electron chi connectivity index (χ4n) is 3.69. The molecule has 34 heavy (non-hydrogen) atoms. The number of aliphatic hydroxyl groups is 1. The first kappa shape index (κ1) is 22.1. The van der Waals surface area contributed by atoms with E-state index >= 15 is 0 Å². The van der Waals surface area contributed by atoms with Gasteiger partial charge in [-0.15, -0.1) is 10.2 Å². The van der Waals surface area contributed by atoms with E-state index in [9.17, 15) is 14.7 Å². The monoisotopic (exact) mass is 489 g/mol. The number of carbonyl (C=O) groups excluding carboxylic acids is 2. The molecule has 1 atom stereocenters. The molecule has 4 aromatic rings. The molecule has 0 radical (unpaired) electrons. The van der Waals surface area contributed by atoms with Crippen LogP contribution < -0.4 is 4.90 Å². The number of benzene rings is 2. The third kappa shape index (κ3) is 4.15. The van der Waals surface area contributed by atoms with Gasteiger partial charge in [-0.2, -0.15) is 0 Å². The Kier molecular flexibility index (Phi) is 6.04. The number of rotatable bonds is 6. The highest BCUT2D eigenvalue weighted by Gasteiger charge is 2.49. The second-order valence-electron chi connectivity index (χ2n) is 7.68. The van der Waals surface area contributed by atoms with Crippen molar-refractivity contribution < 1.29 is 19.1 Å². The average molecular weight is 490 g/mol. The van der Waals surface area contributed by atoms with Crippen LogP contribution in [-0.4, -0.2) is 27.0 Å². The molecule has 1 saturated heterocycles. The van der Waals surface area contributed by atoms with Gasteiger partial charge in [-0.1, -0.05) is 83.3 Å². The fraction of sp³-hybridized carbons (Fsp3) is 0.120. The lowest BCUT2D eigenvalue weighted by Crippen LogP contribution is -2.29. The van der Waals surface area contributed by atoms with Gasteiger partial charge in [-0.3, -0.25) is 14.5 Å². The number of thioether (sulfide) groups is 1. The minimum atomic E-state index is -0.948. The molecule has 2 aromatic heterocycles. The Morgan fingerprint density at radius 1 is 1.06 bits per heavy atom. The smallest absolute Gasteiger partial charge is 0.302 e. The first-order valence-corrected chi connectivity index (χ1v) is 12.2. The maximum atomic E-state index is 13.1. The lowest BCUT2D eigenvalue weighted by Gasteiger charge is -2.20. The highest BCUT2D eigenvalue weighted by molar-refractivity contribution is 8.00. The molecule has 1 fully saturated rings. The molecule has 0 spiro atoms. The molecule has 1 aliphatic heterocycles. The number of ketones is 1. The van der Waals surface area contributed by atoms with Crippen LogP contribution in [0.1, 0.15) is 28.5 Å². The van der Waals surface area contributed by atoms with E-state index in [0.29, 0.717) is 21.4 Å². The molecule has 0 saturated carbocycles. The number of aliphatic hydroxyl groups excluding tert-OH is 1. The van der Waals surface area contributed by atoms with E-state index < -0.39 is 17.7 Å². The molecule has 170 valence electrons. The lowest BCUT2D eigenvalue weighted by atomic mass is 9.99. The Morgan fingerprint density at radius 3 is 2.53 bits per heavy atom. The van der Waals surface area contributed by atoms with Gasteiger partial charge in [0.05, 0.1) is 11.8 Å². The molecule has 2 aromatic carbocycles. The summed E-state index contributed by atoms with van der Waals surface area (Å²) >= 11 is 2.71. The molecule has 1 aliphatic rings. The van der Waals surface area contributed by atoms with Crippen LogP contribution in [0.3, 0.4) is 0 Å². The van der Waals surface area contributed by atoms with Crippen LogP contribution in [-0.2, 0) is 15.3 Å². The number of hydrogen-bond acceptors (Lipinski definition) is 8. The van der Waals surface area contributed by atoms with Crippen molar-refractivity contribution in [1.29, 1.82) is 0 Å². The predicted octanol–water partition coefficient (Wildman–Crippen LogP) is 5.36. The minimum absolute atomic E-state index is 0.0440. The summed E-state index contributed by atoms with van der Waals surface area (Å²) in [6.45, 7) is 1.93. The predicted molar refractivity (Wildman–Crippen MR) is 131 cm³/mol. The summed E-state index contributed by atoms with van der Waals surface area (Å²) in [6, 6.07) is 19.4. The van der Waals surface area contributed by atoms with E-state index in [4.69, 9.17) is 4.42 Å². The van der Waals surface area contributed by atoms with Gasteiger partial charge in [-0.05, 0) is 24.6 Å². The Labute approximate surface area is 203 Å². The zero-order valence-electron chi connectivity index (χ0n) is 18.0. The summed E-state index contributed by atoms with van der Waals surface area (Å²) in [7, 11) is 0. The maximum Gasteiger partial charge on any atom is 0.302 e. The summed E-state index contributed by atoms with van der Waals surface area (Å²) in [5, 5.41) is 19.7. The third-order valence-electron chi connectivity index (χ3n) is 5.39. The SMILES string of the molecule is Cc1ccc(/C(O)=C2/C(=O)C(=O)N(c3nnc(SCc4ccccc4)s3)C2c2ccco2)cc1. The van der Waals surface area contributed by atoms with Crippen molar-refractivity contribution in [3.8, 4) is 0 Å². The second-order valence-corrected chi connectivity index (χ2v) is 9.85. The molecular formula is C25H19N3O4S2. The van der Waals surface area contributed by atoms with Crippen molar-refractivity contribution in [3.63, 3.8) is 0 Å². The van der Waals surface area contributed by atoms with Gasteiger partial charge in [0.2, 0.25) is 5.13 Å². The Balaban J connectivity index is 1.51. The summed E-state index contributed by atoms with van der Waals surface area (Å²) in [5.74, 6) is -0.797. The van der Waals surface area contributed by atoms with Gasteiger partial charge >= 0.3 is 5.91 Å². The van der Waals surface area contributed by atoms with Crippen molar-refractivity contribution in [3.05, 3.63) is 101 Å². The number of amides is 1. The van der Waals surface area contributed by atoms with Crippen molar-refractivity contribution in [2.45, 2.75) is 23.1 Å². The molecule has 7 nitrogen and oxygen atoms in total. The van der Waals surface area contributed by atoms with Crippen molar-refractivity contribution in [2.24, 2.45) is 0 Å². The number of anilines is 1. The third-order valence-corrected chi connectivity index (χ3v) is 7.52. The zero-order valence-corrected chi connectivity index (χ0v) is 19.7. The van der Waals surface area contributed by atoms with Gasteiger partial charge in [0.15, 0.2) is 4.34 Å². The summed E-state index contributed by atoms with van der Waals surface area (Å²) < 4.78 is 6.24. The van der Waals surface area contributed by atoms with Crippen molar-refractivity contribution in [2.75, 3.05) is 4.90 Å². The van der Waals surface area contributed by atoms with Crippen LogP contribution in [0.25, 0.3) is 5.76 Å². The number of nitrogens with zero attached hydrogens (tertiary/aromatic N) is 3. The van der Waals surface area contributed by atoms with E-state index in [0.717, 1.165) is 11.1 Å². The van der Waals surface area contributed by atoms with Crippen molar-refractivity contribution >= 4 is 45.7 Å². The van der Waals surface area contributed by atoms with Crippen LogP contribution in [0.15, 0.2) is 87.3 Å². The van der Waals surface area contributed by atoms with Gasteiger partial charge in [0.1, 0.15) is 17.6 Å². The molecule has 1 N–H and O–H groups in total. The van der Waals surface area contributed by atoms with Crippen LogP contribution in [0, 0.1) is 6.92 Å². The first-order valence-electron chi connectivity index (χ1n) is 10.4. The molecule has 1 amide bonds.